The lowest BCUT2D eigenvalue weighted by atomic mass is 10.0. The fourth-order valence-electron chi connectivity index (χ4n) is 1.06. The van der Waals surface area contributed by atoms with Gasteiger partial charge in [0.25, 0.3) is 0 Å². The molecule has 0 spiro atoms. The van der Waals surface area contributed by atoms with Gasteiger partial charge >= 0.3 is 0 Å². The van der Waals surface area contributed by atoms with Gasteiger partial charge in [0.05, 0.1) is 6.10 Å². The van der Waals surface area contributed by atoms with Gasteiger partial charge in [-0.2, -0.15) is 0 Å². The van der Waals surface area contributed by atoms with Crippen LogP contribution in [0.15, 0.2) is 18.2 Å². The van der Waals surface area contributed by atoms with Crippen molar-refractivity contribution >= 4 is 23.2 Å². The average molecular weight is 220 g/mol. The first-order valence-electron chi connectivity index (χ1n) is 3.91. The summed E-state index contributed by atoms with van der Waals surface area (Å²) in [6, 6.07) is 4.68. The van der Waals surface area contributed by atoms with Crippen LogP contribution in [0.1, 0.15) is 18.6 Å². The average Bonchev–Trinajstić information content (AvgIpc) is 2.03. The second kappa shape index (κ2) is 4.29. The molecule has 72 valence electrons. The summed E-state index contributed by atoms with van der Waals surface area (Å²) in [6.45, 7) is 1.70. The van der Waals surface area contributed by atoms with Crippen molar-refractivity contribution in [1.82, 2.24) is 0 Å². The van der Waals surface area contributed by atoms with Crippen molar-refractivity contribution in [2.24, 2.45) is 5.73 Å². The molecule has 0 fully saturated rings. The fraction of sp³-hybridized carbons (Fsp3) is 0.333. The van der Waals surface area contributed by atoms with E-state index < -0.39 is 12.1 Å². The van der Waals surface area contributed by atoms with Crippen LogP contribution in [-0.4, -0.2) is 11.1 Å². The van der Waals surface area contributed by atoms with E-state index in [-0.39, 0.29) is 0 Å². The van der Waals surface area contributed by atoms with Gasteiger partial charge in [-0.3, -0.25) is 0 Å². The van der Waals surface area contributed by atoms with Gasteiger partial charge in [0.2, 0.25) is 0 Å². The van der Waals surface area contributed by atoms with Crippen LogP contribution in [0, 0.1) is 0 Å². The molecule has 0 unspecified atom stereocenters. The van der Waals surface area contributed by atoms with Gasteiger partial charge in [-0.25, -0.2) is 0 Å². The Morgan fingerprint density at radius 3 is 2.15 bits per heavy atom. The van der Waals surface area contributed by atoms with Crippen LogP contribution in [-0.2, 0) is 0 Å². The van der Waals surface area contributed by atoms with Gasteiger partial charge in [-0.15, -0.1) is 0 Å². The van der Waals surface area contributed by atoms with E-state index in [1.807, 2.05) is 0 Å². The summed E-state index contributed by atoms with van der Waals surface area (Å²) < 4.78 is 0. The molecule has 0 aliphatic carbocycles. The maximum atomic E-state index is 9.67. The van der Waals surface area contributed by atoms with E-state index in [2.05, 4.69) is 0 Å². The molecule has 4 heteroatoms. The van der Waals surface area contributed by atoms with Crippen LogP contribution in [0.25, 0.3) is 0 Å². The van der Waals surface area contributed by atoms with Gasteiger partial charge in [-0.1, -0.05) is 29.3 Å². The van der Waals surface area contributed by atoms with Crippen molar-refractivity contribution < 1.29 is 5.11 Å². The molecule has 1 aromatic carbocycles. The summed E-state index contributed by atoms with van der Waals surface area (Å²) in [4.78, 5) is 0. The number of halogens is 2. The third-order valence-electron chi connectivity index (χ3n) is 1.79. The Kier molecular flexibility index (Phi) is 3.56. The highest BCUT2D eigenvalue weighted by Gasteiger charge is 2.18. The summed E-state index contributed by atoms with van der Waals surface area (Å²) in [5, 5.41) is 10.5. The molecule has 13 heavy (non-hydrogen) atoms. The highest BCUT2D eigenvalue weighted by molar-refractivity contribution is 6.36. The Hall–Kier alpha value is -0.280. The van der Waals surface area contributed by atoms with E-state index in [1.54, 1.807) is 25.1 Å². The number of rotatable bonds is 2. The van der Waals surface area contributed by atoms with Crippen LogP contribution < -0.4 is 5.73 Å². The van der Waals surface area contributed by atoms with Crippen LogP contribution in [0.2, 0.25) is 10.0 Å². The third-order valence-corrected chi connectivity index (χ3v) is 2.45. The first kappa shape index (κ1) is 10.8. The maximum absolute atomic E-state index is 9.67. The molecule has 2 nitrogen and oxygen atoms in total. The predicted molar refractivity (Wildman–Crippen MR) is 55.1 cm³/mol. The normalized spacial score (nSPS) is 15.5. The second-order valence-electron chi connectivity index (χ2n) is 2.94. The zero-order valence-corrected chi connectivity index (χ0v) is 8.68. The summed E-state index contributed by atoms with van der Waals surface area (Å²) in [7, 11) is 0. The fourth-order valence-corrected chi connectivity index (χ4v) is 1.68. The molecular weight excluding hydrogens is 209 g/mol. The lowest BCUT2D eigenvalue weighted by Crippen LogP contribution is -2.24. The Morgan fingerprint density at radius 2 is 1.77 bits per heavy atom. The summed E-state index contributed by atoms with van der Waals surface area (Å²) in [5.74, 6) is 0. The van der Waals surface area contributed by atoms with Crippen molar-refractivity contribution in [2.45, 2.75) is 19.1 Å². The Bertz CT molecular complexity index is 281. The Morgan fingerprint density at radius 1 is 1.31 bits per heavy atom. The van der Waals surface area contributed by atoms with E-state index in [0.717, 1.165) is 0 Å². The number of hydrogen-bond donors (Lipinski definition) is 2. The number of benzene rings is 1. The molecule has 0 radical (unpaired) electrons. The smallest absolute Gasteiger partial charge is 0.0966 e. The molecule has 3 N–H and O–H groups in total. The SMILES string of the molecule is C[C@@H](N)[C@H](O)c1c(Cl)cccc1Cl. The molecule has 0 saturated heterocycles. The van der Waals surface area contributed by atoms with Gasteiger partial charge in [-0.05, 0) is 19.1 Å². The first-order chi connectivity index (χ1) is 6.04. The Labute approximate surface area is 87.3 Å². The first-order valence-corrected chi connectivity index (χ1v) is 4.67. The zero-order valence-electron chi connectivity index (χ0n) is 7.17. The van der Waals surface area contributed by atoms with Crippen molar-refractivity contribution in [2.75, 3.05) is 0 Å². The van der Waals surface area contributed by atoms with Crippen LogP contribution in [0.3, 0.4) is 0 Å². The van der Waals surface area contributed by atoms with Gasteiger partial charge in [0.1, 0.15) is 0 Å². The predicted octanol–water partition coefficient (Wildman–Crippen LogP) is 2.37. The van der Waals surface area contributed by atoms with Crippen molar-refractivity contribution in [3.05, 3.63) is 33.8 Å². The molecule has 0 bridgehead atoms. The topological polar surface area (TPSA) is 46.2 Å². The molecular formula is C9H11Cl2NO. The Balaban J connectivity index is 3.12. The molecule has 2 atom stereocenters. The van der Waals surface area contributed by atoms with Gasteiger partial charge in [0.15, 0.2) is 0 Å². The highest BCUT2D eigenvalue weighted by Crippen LogP contribution is 2.31. The molecule has 0 aromatic heterocycles. The number of aliphatic hydroxyl groups is 1. The van der Waals surface area contributed by atoms with Crippen molar-refractivity contribution in [3.8, 4) is 0 Å². The minimum Gasteiger partial charge on any atom is -0.387 e. The third kappa shape index (κ3) is 2.35. The lowest BCUT2D eigenvalue weighted by molar-refractivity contribution is 0.153. The van der Waals surface area contributed by atoms with Crippen molar-refractivity contribution in [1.29, 1.82) is 0 Å². The summed E-state index contributed by atoms with van der Waals surface area (Å²) in [5.41, 5.74) is 6.04. The summed E-state index contributed by atoms with van der Waals surface area (Å²) >= 11 is 11.7. The van der Waals surface area contributed by atoms with E-state index >= 15 is 0 Å². The minimum atomic E-state index is -0.818. The maximum Gasteiger partial charge on any atom is 0.0966 e. The number of hydrogen-bond acceptors (Lipinski definition) is 2. The zero-order chi connectivity index (χ0) is 10.0. The van der Waals surface area contributed by atoms with Crippen molar-refractivity contribution in [3.63, 3.8) is 0 Å². The minimum absolute atomic E-state index is 0.391. The van der Waals surface area contributed by atoms with E-state index in [9.17, 15) is 5.11 Å². The van der Waals surface area contributed by atoms with Gasteiger partial charge < -0.3 is 10.8 Å². The number of nitrogens with two attached hydrogens (primary N) is 1. The standard InChI is InChI=1S/C9H11Cl2NO/c1-5(12)9(13)8-6(10)3-2-4-7(8)11/h2-5,9,13H,12H2,1H3/t5-,9+/m1/s1. The monoisotopic (exact) mass is 219 g/mol. The molecule has 0 heterocycles. The highest BCUT2D eigenvalue weighted by atomic mass is 35.5. The molecule has 1 rings (SSSR count). The molecule has 0 saturated carbocycles. The molecule has 0 amide bonds. The van der Waals surface area contributed by atoms with E-state index in [0.29, 0.717) is 15.6 Å². The summed E-state index contributed by atoms with van der Waals surface area (Å²) in [6.07, 6.45) is -0.818. The second-order valence-corrected chi connectivity index (χ2v) is 3.75. The van der Waals surface area contributed by atoms with Gasteiger partial charge in [0, 0.05) is 21.7 Å². The molecule has 1 aromatic rings. The van der Waals surface area contributed by atoms with E-state index in [1.165, 1.54) is 0 Å². The number of aliphatic hydroxyl groups excluding tert-OH is 1. The quantitative estimate of drug-likeness (QED) is 0.803. The lowest BCUT2D eigenvalue weighted by Gasteiger charge is -2.17. The van der Waals surface area contributed by atoms with Crippen LogP contribution in [0.5, 0.6) is 0 Å². The largest absolute Gasteiger partial charge is 0.387 e. The molecule has 0 aliphatic heterocycles. The van der Waals surface area contributed by atoms with Crippen LogP contribution in [0.4, 0.5) is 0 Å². The van der Waals surface area contributed by atoms with E-state index in [4.69, 9.17) is 28.9 Å². The van der Waals surface area contributed by atoms with Crippen LogP contribution >= 0.6 is 23.2 Å². The molecule has 0 aliphatic rings.